The smallest absolute Gasteiger partial charge is 0.336 e. The van der Waals surface area contributed by atoms with Gasteiger partial charge in [0.1, 0.15) is 0 Å². The molecule has 1 fully saturated rings. The van der Waals surface area contributed by atoms with E-state index in [1.165, 1.54) is 0 Å². The molecule has 0 spiro atoms. The molecule has 4 nitrogen and oxygen atoms in total. The number of halogens is 3. The summed E-state index contributed by atoms with van der Waals surface area (Å²) in [5, 5.41) is 2.86. The molecule has 0 aliphatic carbocycles. The standard InChI is InChI=1S/C6H11F2NO3S.ClH/c7-6(8)13(10,11)4-5-3-9-1-2-12-5;/h5-6,9H,1-4H2;1H. The molecule has 1 heterocycles. The lowest BCUT2D eigenvalue weighted by Gasteiger charge is -2.23. The van der Waals surface area contributed by atoms with E-state index in [1.807, 2.05) is 0 Å². The summed E-state index contributed by atoms with van der Waals surface area (Å²) in [4.78, 5) is 0. The van der Waals surface area contributed by atoms with E-state index >= 15 is 0 Å². The summed E-state index contributed by atoms with van der Waals surface area (Å²) in [6.45, 7) is 1.31. The minimum absolute atomic E-state index is 0. The topological polar surface area (TPSA) is 55.4 Å². The van der Waals surface area contributed by atoms with E-state index in [0.29, 0.717) is 19.7 Å². The predicted octanol–water partition coefficient (Wildman–Crippen LogP) is 0.0340. The maximum absolute atomic E-state index is 11.9. The Hall–Kier alpha value is 0.0200. The average molecular weight is 252 g/mol. The van der Waals surface area contributed by atoms with Gasteiger partial charge in [-0.3, -0.25) is 0 Å². The monoisotopic (exact) mass is 251 g/mol. The molecule has 0 aromatic carbocycles. The van der Waals surface area contributed by atoms with E-state index in [4.69, 9.17) is 4.74 Å². The van der Waals surface area contributed by atoms with Crippen LogP contribution in [-0.4, -0.2) is 45.7 Å². The van der Waals surface area contributed by atoms with Crippen LogP contribution in [0, 0.1) is 0 Å². The largest absolute Gasteiger partial charge is 0.375 e. The Morgan fingerprint density at radius 1 is 1.50 bits per heavy atom. The molecule has 86 valence electrons. The summed E-state index contributed by atoms with van der Waals surface area (Å²) < 4.78 is 50.3. The van der Waals surface area contributed by atoms with Gasteiger partial charge in [-0.25, -0.2) is 8.42 Å². The van der Waals surface area contributed by atoms with Gasteiger partial charge in [-0.15, -0.1) is 12.4 Å². The first-order valence-electron chi connectivity index (χ1n) is 3.84. The SMILES string of the molecule is Cl.O=S(=O)(CC1CNCCO1)C(F)F. The molecule has 8 heteroatoms. The van der Waals surface area contributed by atoms with Crippen LogP contribution in [0.15, 0.2) is 0 Å². The molecule has 0 amide bonds. The van der Waals surface area contributed by atoms with Crippen molar-refractivity contribution in [1.82, 2.24) is 5.32 Å². The van der Waals surface area contributed by atoms with Gasteiger partial charge in [-0.05, 0) is 0 Å². The van der Waals surface area contributed by atoms with E-state index < -0.39 is 27.5 Å². The zero-order chi connectivity index (χ0) is 9.90. The van der Waals surface area contributed by atoms with Crippen molar-refractivity contribution in [2.75, 3.05) is 25.4 Å². The van der Waals surface area contributed by atoms with Crippen LogP contribution in [0.5, 0.6) is 0 Å². The highest BCUT2D eigenvalue weighted by Crippen LogP contribution is 2.09. The van der Waals surface area contributed by atoms with Crippen LogP contribution in [0.1, 0.15) is 0 Å². The zero-order valence-electron chi connectivity index (χ0n) is 7.28. The van der Waals surface area contributed by atoms with E-state index in [2.05, 4.69) is 5.32 Å². The Bertz CT molecular complexity index is 254. The van der Waals surface area contributed by atoms with Gasteiger partial charge in [-0.1, -0.05) is 0 Å². The maximum Gasteiger partial charge on any atom is 0.336 e. The van der Waals surface area contributed by atoms with Crippen molar-refractivity contribution >= 4 is 22.2 Å². The highest BCUT2D eigenvalue weighted by atomic mass is 35.5. The Morgan fingerprint density at radius 3 is 2.57 bits per heavy atom. The van der Waals surface area contributed by atoms with Crippen LogP contribution in [0.3, 0.4) is 0 Å². The van der Waals surface area contributed by atoms with Crippen LogP contribution >= 0.6 is 12.4 Å². The molecule has 1 aliphatic heterocycles. The molecular weight excluding hydrogens is 240 g/mol. The Balaban J connectivity index is 0.00000169. The fraction of sp³-hybridized carbons (Fsp3) is 1.00. The second-order valence-electron chi connectivity index (χ2n) is 2.79. The van der Waals surface area contributed by atoms with Crippen molar-refractivity contribution < 1.29 is 21.9 Å². The van der Waals surface area contributed by atoms with Crippen molar-refractivity contribution in [2.24, 2.45) is 0 Å². The molecule has 1 aliphatic rings. The van der Waals surface area contributed by atoms with Gasteiger partial charge < -0.3 is 10.1 Å². The molecule has 0 saturated carbocycles. The summed E-state index contributed by atoms with van der Waals surface area (Å²) in [7, 11) is -4.30. The van der Waals surface area contributed by atoms with Crippen LogP contribution in [0.4, 0.5) is 8.78 Å². The molecule has 0 aromatic rings. The minimum atomic E-state index is -4.30. The number of nitrogens with one attached hydrogen (secondary N) is 1. The second kappa shape index (κ2) is 5.79. The first-order valence-corrected chi connectivity index (χ1v) is 5.56. The molecule has 1 saturated heterocycles. The molecule has 1 atom stereocenters. The number of hydrogen-bond acceptors (Lipinski definition) is 4. The lowest BCUT2D eigenvalue weighted by molar-refractivity contribution is 0.0421. The summed E-state index contributed by atoms with van der Waals surface area (Å²) in [6, 6.07) is 0. The minimum Gasteiger partial charge on any atom is -0.375 e. The third kappa shape index (κ3) is 4.04. The number of sulfone groups is 1. The number of hydrogen-bond donors (Lipinski definition) is 1. The van der Waals surface area contributed by atoms with Crippen molar-refractivity contribution in [3.05, 3.63) is 0 Å². The normalized spacial score (nSPS) is 23.2. The Labute approximate surface area is 87.3 Å². The van der Waals surface area contributed by atoms with Crippen molar-refractivity contribution in [3.8, 4) is 0 Å². The molecule has 14 heavy (non-hydrogen) atoms. The number of ether oxygens (including phenoxy) is 1. The summed E-state index contributed by atoms with van der Waals surface area (Å²) in [6.07, 6.45) is -0.646. The van der Waals surface area contributed by atoms with Crippen molar-refractivity contribution in [2.45, 2.75) is 11.9 Å². The van der Waals surface area contributed by atoms with E-state index in [9.17, 15) is 17.2 Å². The first kappa shape index (κ1) is 14.0. The number of morpholine rings is 1. The van der Waals surface area contributed by atoms with Crippen LogP contribution < -0.4 is 5.32 Å². The van der Waals surface area contributed by atoms with E-state index in [-0.39, 0.29) is 12.4 Å². The van der Waals surface area contributed by atoms with Gasteiger partial charge in [-0.2, -0.15) is 8.78 Å². The Morgan fingerprint density at radius 2 is 2.14 bits per heavy atom. The lowest BCUT2D eigenvalue weighted by atomic mass is 10.3. The molecule has 1 N–H and O–H groups in total. The van der Waals surface area contributed by atoms with Crippen molar-refractivity contribution in [3.63, 3.8) is 0 Å². The first-order chi connectivity index (χ1) is 6.02. The molecule has 1 unspecified atom stereocenters. The quantitative estimate of drug-likeness (QED) is 0.769. The van der Waals surface area contributed by atoms with Gasteiger partial charge >= 0.3 is 5.76 Å². The molecule has 1 rings (SSSR count). The van der Waals surface area contributed by atoms with Crippen LogP contribution in [0.2, 0.25) is 0 Å². The van der Waals surface area contributed by atoms with E-state index in [1.54, 1.807) is 0 Å². The van der Waals surface area contributed by atoms with Crippen LogP contribution in [0.25, 0.3) is 0 Å². The van der Waals surface area contributed by atoms with Crippen molar-refractivity contribution in [1.29, 1.82) is 0 Å². The maximum atomic E-state index is 11.9. The highest BCUT2D eigenvalue weighted by Gasteiger charge is 2.29. The molecular formula is C6H12ClF2NO3S. The molecule has 0 aromatic heterocycles. The summed E-state index contributed by atoms with van der Waals surface area (Å²) >= 11 is 0. The fourth-order valence-electron chi connectivity index (χ4n) is 1.06. The third-order valence-corrected chi connectivity index (χ3v) is 3.07. The summed E-state index contributed by atoms with van der Waals surface area (Å²) in [5.74, 6) is -3.92. The highest BCUT2D eigenvalue weighted by molar-refractivity contribution is 7.91. The van der Waals surface area contributed by atoms with Gasteiger partial charge in [0.05, 0.1) is 18.5 Å². The van der Waals surface area contributed by atoms with Crippen LogP contribution in [-0.2, 0) is 14.6 Å². The van der Waals surface area contributed by atoms with Gasteiger partial charge in [0.2, 0.25) is 9.84 Å². The molecule has 0 radical (unpaired) electrons. The number of rotatable bonds is 3. The lowest BCUT2D eigenvalue weighted by Crippen LogP contribution is -2.43. The third-order valence-electron chi connectivity index (χ3n) is 1.69. The average Bonchev–Trinajstić information content (AvgIpc) is 2.05. The Kier molecular flexibility index (Phi) is 5.80. The van der Waals surface area contributed by atoms with Gasteiger partial charge in [0.15, 0.2) is 0 Å². The zero-order valence-corrected chi connectivity index (χ0v) is 8.91. The molecule has 0 bridgehead atoms. The van der Waals surface area contributed by atoms with Gasteiger partial charge in [0.25, 0.3) is 0 Å². The van der Waals surface area contributed by atoms with E-state index in [0.717, 1.165) is 0 Å². The number of alkyl halides is 2. The van der Waals surface area contributed by atoms with Gasteiger partial charge in [0, 0.05) is 13.1 Å². The second-order valence-corrected chi connectivity index (χ2v) is 4.80. The fourth-order valence-corrected chi connectivity index (χ4v) is 1.94. The summed E-state index contributed by atoms with van der Waals surface area (Å²) in [5.41, 5.74) is 0. The predicted molar refractivity (Wildman–Crippen MR) is 49.6 cm³/mol.